The molecule has 1 unspecified atom stereocenters. The van der Waals surface area contributed by atoms with Crippen LogP contribution in [0.15, 0.2) is 79.0 Å². The maximum Gasteiger partial charge on any atom is 0.337 e. The Morgan fingerprint density at radius 1 is 1.00 bits per heavy atom. The van der Waals surface area contributed by atoms with Crippen molar-refractivity contribution in [3.8, 4) is 0 Å². The smallest absolute Gasteiger partial charge is 0.337 e. The quantitative estimate of drug-likeness (QED) is 0.296. The van der Waals surface area contributed by atoms with Crippen LogP contribution in [0.2, 0.25) is 0 Å². The molecule has 0 aliphatic carbocycles. The first-order valence-corrected chi connectivity index (χ1v) is 12.4. The summed E-state index contributed by atoms with van der Waals surface area (Å²) in [5.74, 6) is -1.68. The summed E-state index contributed by atoms with van der Waals surface area (Å²) in [4.78, 5) is 58.2. The normalized spacial score (nSPS) is 15.2. The number of imide groups is 1. The number of aromatic amines is 1. The fourth-order valence-corrected chi connectivity index (χ4v) is 4.94. The summed E-state index contributed by atoms with van der Waals surface area (Å²) in [5, 5.41) is 1.05. The third kappa shape index (κ3) is 4.56. The maximum atomic E-state index is 13.8. The molecule has 0 radical (unpaired) electrons. The van der Waals surface area contributed by atoms with Gasteiger partial charge in [0, 0.05) is 29.2 Å². The zero-order valence-corrected chi connectivity index (χ0v) is 21.1. The Kier molecular flexibility index (Phi) is 6.79. The number of carbonyl (C=O) groups excluding carboxylic acids is 4. The molecule has 0 bridgehead atoms. The molecule has 1 aliphatic heterocycles. The lowest BCUT2D eigenvalue weighted by molar-refractivity contribution is -0.122. The minimum Gasteiger partial charge on any atom is -0.465 e. The lowest BCUT2D eigenvalue weighted by atomic mass is 10.0. The average Bonchev–Trinajstić information content (AvgIpc) is 3.48. The molecule has 8 nitrogen and oxygen atoms in total. The minimum atomic E-state index is -0.944. The highest BCUT2D eigenvalue weighted by molar-refractivity contribution is 6.23. The highest BCUT2D eigenvalue weighted by Gasteiger charge is 2.44. The second kappa shape index (κ2) is 10.3. The van der Waals surface area contributed by atoms with Crippen molar-refractivity contribution < 1.29 is 23.9 Å². The lowest BCUT2D eigenvalue weighted by Gasteiger charge is -2.28. The lowest BCUT2D eigenvalue weighted by Crippen LogP contribution is -2.46. The van der Waals surface area contributed by atoms with Gasteiger partial charge in [-0.3, -0.25) is 14.4 Å². The van der Waals surface area contributed by atoms with Crippen molar-refractivity contribution in [1.29, 1.82) is 0 Å². The highest BCUT2D eigenvalue weighted by Crippen LogP contribution is 2.28. The molecular weight excluding hydrogens is 482 g/mol. The zero-order chi connectivity index (χ0) is 26.8. The fourth-order valence-electron chi connectivity index (χ4n) is 4.94. The Bertz CT molecular complexity index is 1540. The first-order valence-electron chi connectivity index (χ1n) is 12.4. The number of nitrogens with one attached hydrogen (secondary N) is 1. The summed E-state index contributed by atoms with van der Waals surface area (Å²) in [7, 11) is 1.28. The number of ether oxygens (including phenoxy) is 1. The molecule has 1 aliphatic rings. The van der Waals surface area contributed by atoms with E-state index < -0.39 is 23.8 Å². The summed E-state index contributed by atoms with van der Waals surface area (Å²) in [6, 6.07) is 20.3. The average molecular weight is 510 g/mol. The van der Waals surface area contributed by atoms with Crippen molar-refractivity contribution in [2.24, 2.45) is 0 Å². The van der Waals surface area contributed by atoms with Gasteiger partial charge in [0.2, 0.25) is 5.91 Å². The van der Waals surface area contributed by atoms with E-state index >= 15 is 0 Å². The summed E-state index contributed by atoms with van der Waals surface area (Å²) in [6.45, 7) is 2.11. The molecule has 4 aromatic rings. The number of carbonyl (C=O) groups is 4. The van der Waals surface area contributed by atoms with Crippen LogP contribution in [-0.4, -0.2) is 53.3 Å². The minimum absolute atomic E-state index is 0.122. The van der Waals surface area contributed by atoms with Crippen LogP contribution in [0, 0.1) is 6.92 Å². The molecule has 1 aromatic heterocycles. The topological polar surface area (TPSA) is 99.8 Å². The first-order chi connectivity index (χ1) is 18.4. The van der Waals surface area contributed by atoms with Crippen molar-refractivity contribution in [2.75, 3.05) is 18.6 Å². The Morgan fingerprint density at radius 3 is 2.45 bits per heavy atom. The molecule has 192 valence electrons. The van der Waals surface area contributed by atoms with Gasteiger partial charge in [-0.05, 0) is 60.9 Å². The molecule has 38 heavy (non-hydrogen) atoms. The second-order valence-corrected chi connectivity index (χ2v) is 9.25. The Labute approximate surface area is 219 Å². The van der Waals surface area contributed by atoms with Crippen LogP contribution in [0.4, 0.5) is 5.69 Å². The highest BCUT2D eigenvalue weighted by atomic mass is 16.5. The number of aromatic nitrogens is 1. The molecule has 1 N–H and O–H groups in total. The van der Waals surface area contributed by atoms with Gasteiger partial charge in [-0.15, -0.1) is 0 Å². The standard InChI is InChI=1S/C30H27N3O5/c1-19-7-3-4-8-23(19)28(35)32(16-15-21-18-31-25-10-6-5-9-24(21)25)26-17-27(34)33(29(26)36)22-13-11-20(12-14-22)30(37)38-2/h3-14,18,26,31H,15-17H2,1-2H3. The number of esters is 1. The van der Waals surface area contributed by atoms with E-state index in [0.717, 1.165) is 26.9 Å². The molecular formula is C30H27N3O5. The van der Waals surface area contributed by atoms with E-state index in [-0.39, 0.29) is 18.9 Å². The van der Waals surface area contributed by atoms with Gasteiger partial charge in [0.1, 0.15) is 6.04 Å². The van der Waals surface area contributed by atoms with Gasteiger partial charge in [-0.1, -0.05) is 36.4 Å². The summed E-state index contributed by atoms with van der Waals surface area (Å²) in [5.41, 5.74) is 3.95. The van der Waals surface area contributed by atoms with Crippen LogP contribution in [0.1, 0.15) is 38.3 Å². The number of para-hydroxylation sites is 1. The van der Waals surface area contributed by atoms with Crippen LogP contribution < -0.4 is 4.90 Å². The van der Waals surface area contributed by atoms with Gasteiger partial charge in [0.15, 0.2) is 0 Å². The maximum absolute atomic E-state index is 13.8. The van der Waals surface area contributed by atoms with E-state index in [1.807, 2.05) is 49.5 Å². The number of amides is 3. The van der Waals surface area contributed by atoms with Crippen molar-refractivity contribution in [3.63, 3.8) is 0 Å². The molecule has 2 heterocycles. The molecule has 8 heteroatoms. The van der Waals surface area contributed by atoms with Crippen LogP contribution >= 0.6 is 0 Å². The van der Waals surface area contributed by atoms with Crippen molar-refractivity contribution in [1.82, 2.24) is 9.88 Å². The van der Waals surface area contributed by atoms with Crippen LogP contribution in [0.5, 0.6) is 0 Å². The van der Waals surface area contributed by atoms with Crippen LogP contribution in [0.3, 0.4) is 0 Å². The number of anilines is 1. The molecule has 3 aromatic carbocycles. The largest absolute Gasteiger partial charge is 0.465 e. The van der Waals surface area contributed by atoms with Crippen LogP contribution in [-0.2, 0) is 20.7 Å². The zero-order valence-electron chi connectivity index (χ0n) is 21.1. The van der Waals surface area contributed by atoms with Gasteiger partial charge < -0.3 is 14.6 Å². The molecule has 0 saturated carbocycles. The Balaban J connectivity index is 1.45. The number of H-pyrrole nitrogens is 1. The van der Waals surface area contributed by atoms with Crippen molar-refractivity contribution in [2.45, 2.75) is 25.8 Å². The van der Waals surface area contributed by atoms with Crippen LogP contribution in [0.25, 0.3) is 10.9 Å². The Hall–Kier alpha value is -4.72. The van der Waals surface area contributed by atoms with E-state index in [4.69, 9.17) is 4.74 Å². The van der Waals surface area contributed by atoms with Gasteiger partial charge in [-0.25, -0.2) is 9.69 Å². The summed E-state index contributed by atoms with van der Waals surface area (Å²) < 4.78 is 4.72. The first kappa shape index (κ1) is 25.0. The molecule has 1 saturated heterocycles. The number of benzene rings is 3. The third-order valence-corrected chi connectivity index (χ3v) is 6.98. The van der Waals surface area contributed by atoms with Gasteiger partial charge >= 0.3 is 5.97 Å². The summed E-state index contributed by atoms with van der Waals surface area (Å²) >= 11 is 0. The molecule has 1 atom stereocenters. The molecule has 0 spiro atoms. The molecule has 5 rings (SSSR count). The van der Waals surface area contributed by atoms with E-state index in [0.29, 0.717) is 23.2 Å². The van der Waals surface area contributed by atoms with Crippen molar-refractivity contribution >= 4 is 40.3 Å². The third-order valence-electron chi connectivity index (χ3n) is 6.98. The Morgan fingerprint density at radius 2 is 1.71 bits per heavy atom. The van der Waals surface area contributed by atoms with Gasteiger partial charge in [-0.2, -0.15) is 0 Å². The number of rotatable bonds is 7. The SMILES string of the molecule is COC(=O)c1ccc(N2C(=O)CC(N(CCc3c[nH]c4ccccc34)C(=O)c3ccccc3C)C2=O)cc1. The predicted molar refractivity (Wildman–Crippen MR) is 143 cm³/mol. The number of hydrogen-bond donors (Lipinski definition) is 1. The monoisotopic (exact) mass is 509 g/mol. The number of hydrogen-bond acceptors (Lipinski definition) is 5. The van der Waals surface area contributed by atoms with E-state index in [1.165, 1.54) is 36.3 Å². The van der Waals surface area contributed by atoms with E-state index in [1.54, 1.807) is 12.1 Å². The molecule has 1 fully saturated rings. The number of methoxy groups -OCH3 is 1. The van der Waals surface area contributed by atoms with Gasteiger partial charge in [0.25, 0.3) is 11.8 Å². The van der Waals surface area contributed by atoms with E-state index in [2.05, 4.69) is 4.98 Å². The molecule has 3 amide bonds. The predicted octanol–water partition coefficient (Wildman–Crippen LogP) is 4.28. The number of fused-ring (bicyclic) bond motifs is 1. The fraction of sp³-hybridized carbons (Fsp3) is 0.200. The summed E-state index contributed by atoms with van der Waals surface area (Å²) in [6.07, 6.45) is 2.30. The van der Waals surface area contributed by atoms with E-state index in [9.17, 15) is 19.2 Å². The second-order valence-electron chi connectivity index (χ2n) is 9.25. The number of aryl methyl sites for hydroxylation is 1. The van der Waals surface area contributed by atoms with Crippen molar-refractivity contribution in [3.05, 3.63) is 101 Å². The van der Waals surface area contributed by atoms with Gasteiger partial charge in [0.05, 0.1) is 24.8 Å². The number of nitrogens with zero attached hydrogens (tertiary/aromatic N) is 2.